The van der Waals surface area contributed by atoms with E-state index in [9.17, 15) is 19.5 Å². The molecule has 8 heteroatoms. The zero-order valence-electron chi connectivity index (χ0n) is 21.3. The number of aromatic nitrogens is 1. The number of fused-ring (bicyclic) bond motifs is 5. The maximum atomic E-state index is 13.0. The van der Waals surface area contributed by atoms with Crippen LogP contribution < -0.4 is 10.9 Å². The van der Waals surface area contributed by atoms with Crippen LogP contribution in [0, 0.1) is 13.8 Å². The number of carbonyl (C=O) groups excluding carboxylic acids is 1. The molecule has 0 bridgehead atoms. The van der Waals surface area contributed by atoms with Crippen molar-refractivity contribution in [2.75, 3.05) is 0 Å². The highest BCUT2D eigenvalue weighted by molar-refractivity contribution is 6.00. The number of para-hydroxylation sites is 1. The van der Waals surface area contributed by atoms with Crippen LogP contribution in [-0.2, 0) is 35.3 Å². The summed E-state index contributed by atoms with van der Waals surface area (Å²) in [6.07, 6.45) is 5.64. The number of hydrogen-bond acceptors (Lipinski definition) is 5. The van der Waals surface area contributed by atoms with Crippen molar-refractivity contribution in [3.63, 3.8) is 0 Å². The van der Waals surface area contributed by atoms with Crippen LogP contribution in [-0.4, -0.2) is 28.0 Å². The first kappa shape index (κ1) is 24.0. The predicted molar refractivity (Wildman–Crippen MR) is 144 cm³/mol. The van der Waals surface area contributed by atoms with Gasteiger partial charge in [-0.1, -0.05) is 18.2 Å². The summed E-state index contributed by atoms with van der Waals surface area (Å²) >= 11 is 0. The average molecular weight is 513 g/mol. The minimum atomic E-state index is -1.14. The van der Waals surface area contributed by atoms with Gasteiger partial charge in [0, 0.05) is 51.8 Å². The molecule has 3 aromatic heterocycles. The van der Waals surface area contributed by atoms with Gasteiger partial charge in [-0.05, 0) is 56.4 Å². The fourth-order valence-electron chi connectivity index (χ4n) is 5.75. The van der Waals surface area contributed by atoms with Crippen molar-refractivity contribution in [3.8, 4) is 0 Å². The molecule has 5 aromatic rings. The van der Waals surface area contributed by atoms with Gasteiger partial charge in [0.2, 0.25) is 5.91 Å². The molecule has 38 heavy (non-hydrogen) atoms. The van der Waals surface area contributed by atoms with Gasteiger partial charge >= 0.3 is 11.6 Å². The number of H-pyrrole nitrogens is 1. The standard InChI is InChI=1S/C30H28N2O6/c1-15-20-12-22-19-8-4-6-10-25(19)37-28(22)16(2)27(20)38-30(36)21(15)13-26(33)32-24(29(34)35)11-17-14-31-23-9-5-3-7-18(17)23/h3,5,7,9,12,14,24,31H,4,6,8,10-11,13H2,1-2H3,(H,32,33)(H,34,35)/t24-/m0/s1. The Morgan fingerprint density at radius 1 is 1.03 bits per heavy atom. The topological polar surface area (TPSA) is 126 Å². The molecule has 1 aliphatic rings. The van der Waals surface area contributed by atoms with Crippen LogP contribution in [0.4, 0.5) is 0 Å². The Morgan fingerprint density at radius 3 is 2.61 bits per heavy atom. The second kappa shape index (κ2) is 9.20. The first-order chi connectivity index (χ1) is 18.3. The van der Waals surface area contributed by atoms with Gasteiger partial charge < -0.3 is 24.2 Å². The molecular weight excluding hydrogens is 484 g/mol. The van der Waals surface area contributed by atoms with Gasteiger partial charge in [0.1, 0.15) is 23.0 Å². The Balaban J connectivity index is 1.31. The molecule has 6 rings (SSSR count). The number of carboxylic acids is 1. The summed E-state index contributed by atoms with van der Waals surface area (Å²) in [6, 6.07) is 8.44. The first-order valence-electron chi connectivity index (χ1n) is 12.9. The van der Waals surface area contributed by atoms with E-state index in [-0.39, 0.29) is 18.4 Å². The van der Waals surface area contributed by atoms with E-state index in [4.69, 9.17) is 8.83 Å². The molecule has 194 valence electrons. The summed E-state index contributed by atoms with van der Waals surface area (Å²) in [4.78, 5) is 41.1. The van der Waals surface area contributed by atoms with Crippen molar-refractivity contribution in [2.24, 2.45) is 0 Å². The van der Waals surface area contributed by atoms with Crippen molar-refractivity contribution in [3.05, 3.63) is 80.5 Å². The summed E-state index contributed by atoms with van der Waals surface area (Å²) in [5, 5.41) is 15.1. The number of benzene rings is 2. The second-order valence-electron chi connectivity index (χ2n) is 10.2. The van der Waals surface area contributed by atoms with Crippen molar-refractivity contribution >= 4 is 44.7 Å². The number of carboxylic acid groups (broad SMARTS) is 1. The van der Waals surface area contributed by atoms with Gasteiger partial charge in [0.25, 0.3) is 0 Å². The molecule has 0 radical (unpaired) electrons. The molecule has 0 saturated heterocycles. The third kappa shape index (κ3) is 3.97. The lowest BCUT2D eigenvalue weighted by molar-refractivity contribution is -0.141. The van der Waals surface area contributed by atoms with Crippen molar-refractivity contribution in [1.29, 1.82) is 0 Å². The molecule has 8 nitrogen and oxygen atoms in total. The lowest BCUT2D eigenvalue weighted by atomic mass is 9.93. The normalized spacial score (nSPS) is 14.2. The highest BCUT2D eigenvalue weighted by Gasteiger charge is 2.26. The number of nitrogens with one attached hydrogen (secondary N) is 2. The van der Waals surface area contributed by atoms with E-state index in [0.717, 1.165) is 69.8 Å². The molecule has 1 amide bonds. The summed E-state index contributed by atoms with van der Waals surface area (Å²) in [6.45, 7) is 3.69. The fourth-order valence-corrected chi connectivity index (χ4v) is 5.75. The molecule has 3 N–H and O–H groups in total. The third-order valence-corrected chi connectivity index (χ3v) is 7.79. The van der Waals surface area contributed by atoms with E-state index in [1.165, 1.54) is 5.56 Å². The monoisotopic (exact) mass is 512 g/mol. The average Bonchev–Trinajstić information content (AvgIpc) is 3.49. The molecule has 1 aliphatic carbocycles. The number of aryl methyl sites for hydroxylation is 4. The highest BCUT2D eigenvalue weighted by Crippen LogP contribution is 2.38. The number of furan rings is 1. The number of aliphatic carboxylic acids is 1. The zero-order chi connectivity index (χ0) is 26.6. The highest BCUT2D eigenvalue weighted by atomic mass is 16.4. The Kier molecular flexibility index (Phi) is 5.82. The molecule has 0 spiro atoms. The molecular formula is C30H28N2O6. The van der Waals surface area contributed by atoms with Crippen LogP contribution in [0.2, 0.25) is 0 Å². The molecule has 0 aliphatic heterocycles. The maximum Gasteiger partial charge on any atom is 0.340 e. The van der Waals surface area contributed by atoms with Crippen LogP contribution in [0.25, 0.3) is 32.8 Å². The Morgan fingerprint density at radius 2 is 1.79 bits per heavy atom. The van der Waals surface area contributed by atoms with Gasteiger partial charge in [-0.15, -0.1) is 0 Å². The number of amides is 1. The zero-order valence-corrected chi connectivity index (χ0v) is 21.3. The van der Waals surface area contributed by atoms with Crippen LogP contribution in [0.5, 0.6) is 0 Å². The van der Waals surface area contributed by atoms with Gasteiger partial charge in [0.15, 0.2) is 0 Å². The molecule has 0 unspecified atom stereocenters. The quantitative estimate of drug-likeness (QED) is 0.279. The van der Waals surface area contributed by atoms with Crippen LogP contribution >= 0.6 is 0 Å². The lowest BCUT2D eigenvalue weighted by Gasteiger charge is -2.15. The van der Waals surface area contributed by atoms with Crippen molar-refractivity contribution in [2.45, 2.75) is 58.4 Å². The minimum absolute atomic E-state index is 0.110. The predicted octanol–water partition coefficient (Wildman–Crippen LogP) is 4.87. The maximum absolute atomic E-state index is 13.0. The Labute approximate surface area is 217 Å². The van der Waals surface area contributed by atoms with Crippen molar-refractivity contribution in [1.82, 2.24) is 10.3 Å². The summed E-state index contributed by atoms with van der Waals surface area (Å²) in [7, 11) is 0. The SMILES string of the molecule is Cc1c(CC(=O)N[C@@H](Cc2c[nH]c3ccccc23)C(=O)O)c(=O)oc2c(C)c3oc4c(c3cc12)CCCC4. The van der Waals surface area contributed by atoms with Gasteiger partial charge in [-0.2, -0.15) is 0 Å². The van der Waals surface area contributed by atoms with E-state index >= 15 is 0 Å². The van der Waals surface area contributed by atoms with Gasteiger partial charge in [0.05, 0.1) is 12.0 Å². The smallest absolute Gasteiger partial charge is 0.340 e. The largest absolute Gasteiger partial charge is 0.480 e. The fraction of sp³-hybridized carbons (Fsp3) is 0.300. The van der Waals surface area contributed by atoms with E-state index in [0.29, 0.717) is 11.1 Å². The molecule has 0 saturated carbocycles. The van der Waals surface area contributed by atoms with Crippen LogP contribution in [0.15, 0.2) is 50.2 Å². The van der Waals surface area contributed by atoms with Crippen molar-refractivity contribution < 1.29 is 23.5 Å². The van der Waals surface area contributed by atoms with E-state index in [1.54, 1.807) is 13.1 Å². The summed E-state index contributed by atoms with van der Waals surface area (Å²) < 4.78 is 11.9. The molecule has 2 aromatic carbocycles. The number of hydrogen-bond donors (Lipinski definition) is 3. The van der Waals surface area contributed by atoms with Crippen LogP contribution in [0.3, 0.4) is 0 Å². The van der Waals surface area contributed by atoms with E-state index in [1.807, 2.05) is 37.3 Å². The second-order valence-corrected chi connectivity index (χ2v) is 10.2. The summed E-state index contributed by atoms with van der Waals surface area (Å²) in [5.41, 5.74) is 5.15. The molecule has 0 fully saturated rings. The number of rotatable bonds is 6. The van der Waals surface area contributed by atoms with E-state index < -0.39 is 23.5 Å². The van der Waals surface area contributed by atoms with E-state index in [2.05, 4.69) is 10.3 Å². The number of carbonyl (C=O) groups is 2. The molecule has 3 heterocycles. The minimum Gasteiger partial charge on any atom is -0.480 e. The lowest BCUT2D eigenvalue weighted by Crippen LogP contribution is -2.43. The first-order valence-corrected chi connectivity index (χ1v) is 12.9. The van der Waals surface area contributed by atoms with Gasteiger partial charge in [-0.25, -0.2) is 9.59 Å². The number of aromatic amines is 1. The third-order valence-electron chi connectivity index (χ3n) is 7.79. The Hall–Kier alpha value is -4.33. The molecule has 1 atom stereocenters. The van der Waals surface area contributed by atoms with Gasteiger partial charge in [-0.3, -0.25) is 4.79 Å². The summed E-state index contributed by atoms with van der Waals surface area (Å²) in [5.74, 6) is -0.696. The van der Waals surface area contributed by atoms with Crippen LogP contribution in [0.1, 0.15) is 46.4 Å². The Bertz CT molecular complexity index is 1810.